The molecule has 3 rings (SSSR count). The number of aromatic nitrogens is 2. The lowest BCUT2D eigenvalue weighted by Crippen LogP contribution is -2.37. The number of aryl methyl sites for hydroxylation is 2. The molecule has 6 heteroatoms. The molecule has 6 nitrogen and oxygen atoms in total. The maximum absolute atomic E-state index is 12.5. The van der Waals surface area contributed by atoms with E-state index >= 15 is 0 Å². The van der Waals surface area contributed by atoms with Gasteiger partial charge in [0.1, 0.15) is 5.75 Å². The van der Waals surface area contributed by atoms with Crippen LogP contribution in [0.5, 0.6) is 5.75 Å². The second-order valence-electron chi connectivity index (χ2n) is 6.55. The van der Waals surface area contributed by atoms with E-state index in [-0.39, 0.29) is 5.91 Å². The van der Waals surface area contributed by atoms with E-state index in [4.69, 9.17) is 9.26 Å². The van der Waals surface area contributed by atoms with Crippen molar-refractivity contribution in [3.63, 3.8) is 0 Å². The molecule has 0 saturated heterocycles. The highest BCUT2D eigenvalue weighted by molar-refractivity contribution is 5.80. The molecule has 1 aromatic carbocycles. The number of amides is 1. The van der Waals surface area contributed by atoms with Crippen LogP contribution in [-0.2, 0) is 11.3 Å². The van der Waals surface area contributed by atoms with Crippen LogP contribution in [0.2, 0.25) is 0 Å². The average Bonchev–Trinajstić information content (AvgIpc) is 3.30. The number of carbonyl (C=O) groups excluding carboxylic acids is 1. The van der Waals surface area contributed by atoms with Crippen molar-refractivity contribution in [2.24, 2.45) is 0 Å². The van der Waals surface area contributed by atoms with E-state index in [0.29, 0.717) is 24.2 Å². The summed E-state index contributed by atoms with van der Waals surface area (Å²) in [6, 6.07) is 5.96. The zero-order valence-corrected chi connectivity index (χ0v) is 14.6. The van der Waals surface area contributed by atoms with Gasteiger partial charge in [-0.1, -0.05) is 17.3 Å². The summed E-state index contributed by atoms with van der Waals surface area (Å²) in [5.41, 5.74) is 2.11. The van der Waals surface area contributed by atoms with Crippen molar-refractivity contribution >= 4 is 5.91 Å². The molecule has 1 saturated carbocycles. The third kappa shape index (κ3) is 3.75. The van der Waals surface area contributed by atoms with Gasteiger partial charge in [0.05, 0.1) is 6.54 Å². The first-order chi connectivity index (χ1) is 11.4. The number of nitrogens with zero attached hydrogens (tertiary/aromatic N) is 3. The van der Waals surface area contributed by atoms with E-state index in [1.54, 1.807) is 18.9 Å². The number of rotatable bonds is 6. The lowest BCUT2D eigenvalue weighted by molar-refractivity contribution is -0.137. The van der Waals surface area contributed by atoms with Gasteiger partial charge >= 0.3 is 0 Å². The molecule has 24 heavy (non-hydrogen) atoms. The predicted molar refractivity (Wildman–Crippen MR) is 88.8 cm³/mol. The Labute approximate surface area is 141 Å². The summed E-state index contributed by atoms with van der Waals surface area (Å²) >= 11 is 0. The zero-order valence-electron chi connectivity index (χ0n) is 14.6. The monoisotopic (exact) mass is 329 g/mol. The predicted octanol–water partition coefficient (Wildman–Crippen LogP) is 2.99. The zero-order chi connectivity index (χ0) is 17.3. The van der Waals surface area contributed by atoms with Gasteiger partial charge in [0.2, 0.25) is 5.89 Å². The Morgan fingerprint density at radius 1 is 1.42 bits per heavy atom. The largest absolute Gasteiger partial charge is 0.481 e. The Kier molecular flexibility index (Phi) is 4.55. The summed E-state index contributed by atoms with van der Waals surface area (Å²) < 4.78 is 11.1. The molecule has 0 bridgehead atoms. The first-order valence-corrected chi connectivity index (χ1v) is 8.25. The van der Waals surface area contributed by atoms with Crippen molar-refractivity contribution in [3.8, 4) is 5.75 Å². The Balaban J connectivity index is 1.60. The second kappa shape index (κ2) is 6.63. The topological polar surface area (TPSA) is 68.5 Å². The van der Waals surface area contributed by atoms with Crippen LogP contribution in [-0.4, -0.2) is 34.1 Å². The molecule has 0 N–H and O–H groups in total. The number of ether oxygens (including phenoxy) is 1. The summed E-state index contributed by atoms with van der Waals surface area (Å²) in [7, 11) is 1.72. The van der Waals surface area contributed by atoms with E-state index in [0.717, 1.165) is 29.7 Å². The van der Waals surface area contributed by atoms with Crippen molar-refractivity contribution in [3.05, 3.63) is 41.0 Å². The van der Waals surface area contributed by atoms with Crippen molar-refractivity contribution < 1.29 is 14.1 Å². The van der Waals surface area contributed by atoms with Gasteiger partial charge < -0.3 is 14.2 Å². The minimum Gasteiger partial charge on any atom is -0.481 e. The molecule has 1 fully saturated rings. The standard InChI is InChI=1S/C18H23N3O3/c1-11-5-6-12(2)15(9-11)23-13(3)18(22)21(4)10-16-19-17(24-20-16)14-7-8-14/h5-6,9,13-14H,7-8,10H2,1-4H3. The minimum absolute atomic E-state index is 0.117. The van der Waals surface area contributed by atoms with Crippen LogP contribution in [0.4, 0.5) is 0 Å². The van der Waals surface area contributed by atoms with Crippen LogP contribution in [0.15, 0.2) is 22.7 Å². The number of benzene rings is 1. The summed E-state index contributed by atoms with van der Waals surface area (Å²) in [4.78, 5) is 18.4. The van der Waals surface area contributed by atoms with Gasteiger partial charge in [-0.05, 0) is 50.8 Å². The van der Waals surface area contributed by atoms with Gasteiger partial charge in [-0.15, -0.1) is 0 Å². The fourth-order valence-corrected chi connectivity index (χ4v) is 2.50. The third-order valence-corrected chi connectivity index (χ3v) is 4.16. The van der Waals surface area contributed by atoms with E-state index in [1.807, 2.05) is 32.0 Å². The Bertz CT molecular complexity index is 737. The molecule has 1 aliphatic carbocycles. The fraction of sp³-hybridized carbons (Fsp3) is 0.500. The molecule has 1 unspecified atom stereocenters. The Morgan fingerprint density at radius 2 is 2.17 bits per heavy atom. The smallest absolute Gasteiger partial charge is 0.263 e. The molecule has 128 valence electrons. The van der Waals surface area contributed by atoms with Crippen molar-refractivity contribution in [1.29, 1.82) is 0 Å². The Hall–Kier alpha value is -2.37. The van der Waals surface area contributed by atoms with E-state index in [2.05, 4.69) is 10.1 Å². The normalized spacial score (nSPS) is 15.2. The van der Waals surface area contributed by atoms with Crippen molar-refractivity contribution in [2.45, 2.75) is 52.2 Å². The molecule has 2 aromatic rings. The molecule has 1 heterocycles. The molecular formula is C18H23N3O3. The first kappa shape index (κ1) is 16.5. The number of carbonyl (C=O) groups is 1. The lowest BCUT2D eigenvalue weighted by Gasteiger charge is -2.21. The minimum atomic E-state index is -0.578. The van der Waals surface area contributed by atoms with Crippen LogP contribution >= 0.6 is 0 Å². The maximum atomic E-state index is 12.5. The second-order valence-corrected chi connectivity index (χ2v) is 6.55. The summed E-state index contributed by atoms with van der Waals surface area (Å²) in [6.07, 6.45) is 1.64. The Morgan fingerprint density at radius 3 is 2.88 bits per heavy atom. The molecule has 1 amide bonds. The highest BCUT2D eigenvalue weighted by Crippen LogP contribution is 2.38. The van der Waals surface area contributed by atoms with Gasteiger partial charge in [0.25, 0.3) is 5.91 Å². The molecule has 1 aromatic heterocycles. The quantitative estimate of drug-likeness (QED) is 0.815. The molecule has 1 aliphatic rings. The lowest BCUT2D eigenvalue weighted by atomic mass is 10.1. The molecule has 0 radical (unpaired) electrons. The van der Waals surface area contributed by atoms with E-state index in [1.165, 1.54) is 0 Å². The van der Waals surface area contributed by atoms with E-state index in [9.17, 15) is 4.79 Å². The summed E-state index contributed by atoms with van der Waals surface area (Å²) in [5.74, 6) is 2.25. The maximum Gasteiger partial charge on any atom is 0.263 e. The summed E-state index contributed by atoms with van der Waals surface area (Å²) in [6.45, 7) is 6.04. The number of likely N-dealkylation sites (N-methyl/N-ethyl adjacent to an activating group) is 1. The first-order valence-electron chi connectivity index (χ1n) is 8.25. The van der Waals surface area contributed by atoms with Crippen LogP contribution in [0.1, 0.15) is 48.5 Å². The highest BCUT2D eigenvalue weighted by Gasteiger charge is 2.30. The van der Waals surface area contributed by atoms with Gasteiger partial charge in [0.15, 0.2) is 11.9 Å². The van der Waals surface area contributed by atoms with E-state index < -0.39 is 6.10 Å². The van der Waals surface area contributed by atoms with Gasteiger partial charge in [-0.25, -0.2) is 0 Å². The SMILES string of the molecule is Cc1ccc(C)c(OC(C)C(=O)N(C)Cc2noc(C3CC3)n2)c1. The van der Waals surface area contributed by atoms with Crippen molar-refractivity contribution in [2.75, 3.05) is 7.05 Å². The highest BCUT2D eigenvalue weighted by atomic mass is 16.5. The average molecular weight is 329 g/mol. The van der Waals surface area contributed by atoms with Crippen molar-refractivity contribution in [1.82, 2.24) is 15.0 Å². The third-order valence-electron chi connectivity index (χ3n) is 4.16. The van der Waals surface area contributed by atoms with Crippen LogP contribution in [0, 0.1) is 13.8 Å². The van der Waals surface area contributed by atoms with Crippen LogP contribution < -0.4 is 4.74 Å². The van der Waals surface area contributed by atoms with Gasteiger partial charge in [-0.3, -0.25) is 4.79 Å². The van der Waals surface area contributed by atoms with Gasteiger partial charge in [-0.2, -0.15) is 4.98 Å². The molecule has 0 spiro atoms. The molecule has 1 atom stereocenters. The number of hydrogen-bond acceptors (Lipinski definition) is 5. The fourth-order valence-electron chi connectivity index (χ4n) is 2.50. The summed E-state index contributed by atoms with van der Waals surface area (Å²) in [5, 5.41) is 3.95. The molecule has 0 aliphatic heterocycles. The number of hydrogen-bond donors (Lipinski definition) is 0. The van der Waals surface area contributed by atoms with Crippen LogP contribution in [0.3, 0.4) is 0 Å². The molecular weight excluding hydrogens is 306 g/mol. The van der Waals surface area contributed by atoms with Gasteiger partial charge in [0, 0.05) is 13.0 Å². The van der Waals surface area contributed by atoms with Crippen LogP contribution in [0.25, 0.3) is 0 Å².